The molecule has 0 saturated heterocycles. The smallest absolute Gasteiger partial charge is 0.434 e. The molecule has 1 aromatic heterocycles. The highest BCUT2D eigenvalue weighted by Crippen LogP contribution is 2.28. The molecule has 0 saturated carbocycles. The van der Waals surface area contributed by atoms with Gasteiger partial charge in [0.15, 0.2) is 17.3 Å². The molecule has 0 unspecified atom stereocenters. The van der Waals surface area contributed by atoms with Crippen LogP contribution in [0.1, 0.15) is 11.3 Å². The van der Waals surface area contributed by atoms with Gasteiger partial charge in [0.25, 0.3) is 0 Å². The predicted molar refractivity (Wildman–Crippen MR) is 61.4 cm³/mol. The predicted octanol–water partition coefficient (Wildman–Crippen LogP) is 2.89. The first-order chi connectivity index (χ1) is 9.40. The van der Waals surface area contributed by atoms with Crippen LogP contribution in [0.4, 0.5) is 17.6 Å². The van der Waals surface area contributed by atoms with Crippen LogP contribution in [0.3, 0.4) is 0 Å². The second-order valence-electron chi connectivity index (χ2n) is 3.83. The van der Waals surface area contributed by atoms with Gasteiger partial charge in [-0.25, -0.2) is 4.39 Å². The maximum absolute atomic E-state index is 13.6. The van der Waals surface area contributed by atoms with Crippen molar-refractivity contribution >= 4 is 0 Å². The van der Waals surface area contributed by atoms with Crippen LogP contribution >= 0.6 is 0 Å². The zero-order valence-electron chi connectivity index (χ0n) is 9.99. The van der Waals surface area contributed by atoms with Gasteiger partial charge >= 0.3 is 6.18 Å². The minimum absolute atomic E-state index is 0.164. The molecule has 0 amide bonds. The Morgan fingerprint density at radius 3 is 2.35 bits per heavy atom. The highest BCUT2D eigenvalue weighted by molar-refractivity contribution is 5.32. The summed E-state index contributed by atoms with van der Waals surface area (Å²) in [6, 6.07) is 5.69. The number of aromatic nitrogens is 2. The van der Waals surface area contributed by atoms with Gasteiger partial charge < -0.3 is 10.5 Å². The van der Waals surface area contributed by atoms with Crippen LogP contribution in [-0.2, 0) is 12.7 Å². The molecule has 1 aromatic carbocycles. The summed E-state index contributed by atoms with van der Waals surface area (Å²) in [6.45, 7) is 0.164. The number of alkyl halides is 3. The normalized spacial score (nSPS) is 11.4. The summed E-state index contributed by atoms with van der Waals surface area (Å²) >= 11 is 0. The van der Waals surface area contributed by atoms with Crippen LogP contribution in [-0.4, -0.2) is 10.2 Å². The summed E-state index contributed by atoms with van der Waals surface area (Å²) in [4.78, 5) is 0. The van der Waals surface area contributed by atoms with E-state index in [0.717, 1.165) is 6.07 Å². The minimum atomic E-state index is -4.58. The quantitative estimate of drug-likeness (QED) is 0.882. The Labute approximate surface area is 111 Å². The molecule has 8 heteroatoms. The first-order valence-corrected chi connectivity index (χ1v) is 5.47. The maximum atomic E-state index is 13.6. The van der Waals surface area contributed by atoms with E-state index in [0.29, 0.717) is 11.6 Å². The number of halogens is 4. The number of benzene rings is 1. The van der Waals surface area contributed by atoms with E-state index in [9.17, 15) is 17.6 Å². The third kappa shape index (κ3) is 3.21. The van der Waals surface area contributed by atoms with Gasteiger partial charge in [-0.1, -0.05) is 6.07 Å². The Bertz CT molecular complexity index is 599. The molecule has 0 aliphatic heterocycles. The molecule has 4 nitrogen and oxygen atoms in total. The third-order valence-corrected chi connectivity index (χ3v) is 2.38. The van der Waals surface area contributed by atoms with Gasteiger partial charge in [0.2, 0.25) is 5.88 Å². The van der Waals surface area contributed by atoms with Crippen molar-refractivity contribution in [2.24, 2.45) is 5.73 Å². The van der Waals surface area contributed by atoms with E-state index < -0.39 is 17.7 Å². The van der Waals surface area contributed by atoms with Crippen LogP contribution in [0.5, 0.6) is 11.6 Å². The lowest BCUT2D eigenvalue weighted by Crippen LogP contribution is -2.09. The molecule has 2 N–H and O–H groups in total. The van der Waals surface area contributed by atoms with Crippen molar-refractivity contribution < 1.29 is 22.3 Å². The van der Waals surface area contributed by atoms with E-state index in [1.54, 1.807) is 0 Å². The first kappa shape index (κ1) is 14.2. The highest BCUT2D eigenvalue weighted by Gasteiger charge is 2.33. The molecule has 0 radical (unpaired) electrons. The van der Waals surface area contributed by atoms with E-state index >= 15 is 0 Å². The Morgan fingerprint density at radius 1 is 1.10 bits per heavy atom. The van der Waals surface area contributed by atoms with Crippen LogP contribution in [0, 0.1) is 5.82 Å². The number of rotatable bonds is 3. The summed E-state index contributed by atoms with van der Waals surface area (Å²) < 4.78 is 55.4. The van der Waals surface area contributed by atoms with E-state index in [-0.39, 0.29) is 18.2 Å². The lowest BCUT2D eigenvalue weighted by atomic mass is 10.2. The molecule has 20 heavy (non-hydrogen) atoms. The van der Waals surface area contributed by atoms with Crippen molar-refractivity contribution in [3.63, 3.8) is 0 Å². The van der Waals surface area contributed by atoms with Crippen molar-refractivity contribution in [2.45, 2.75) is 12.7 Å². The topological polar surface area (TPSA) is 61.0 Å². The standard InChI is InChI=1S/C12H9F4N3O/c13-8-5-7(6-17)1-2-9(8)20-11-4-3-10(18-19-11)12(14,15)16/h1-5H,6,17H2. The largest absolute Gasteiger partial charge is 0.435 e. The van der Waals surface area contributed by atoms with Gasteiger partial charge in [0.1, 0.15) is 0 Å². The van der Waals surface area contributed by atoms with Crippen LogP contribution in [0.25, 0.3) is 0 Å². The molecule has 0 spiro atoms. The Hall–Kier alpha value is -2.22. The summed E-state index contributed by atoms with van der Waals surface area (Å²) in [5, 5.41) is 6.21. The van der Waals surface area contributed by atoms with Gasteiger partial charge in [-0.3, -0.25) is 0 Å². The van der Waals surface area contributed by atoms with Gasteiger partial charge in [-0.2, -0.15) is 13.2 Å². The van der Waals surface area contributed by atoms with Crippen molar-refractivity contribution in [1.82, 2.24) is 10.2 Å². The monoisotopic (exact) mass is 287 g/mol. The Kier molecular flexibility index (Phi) is 3.84. The number of nitrogens with two attached hydrogens (primary N) is 1. The molecule has 1 heterocycles. The number of hydrogen-bond donors (Lipinski definition) is 1. The highest BCUT2D eigenvalue weighted by atomic mass is 19.4. The van der Waals surface area contributed by atoms with Gasteiger partial charge in [-0.05, 0) is 23.8 Å². The van der Waals surface area contributed by atoms with Crippen LogP contribution in [0.2, 0.25) is 0 Å². The molecular formula is C12H9F4N3O. The van der Waals surface area contributed by atoms with Crippen LogP contribution in [0.15, 0.2) is 30.3 Å². The summed E-state index contributed by atoms with van der Waals surface area (Å²) in [7, 11) is 0. The molecular weight excluding hydrogens is 278 g/mol. The lowest BCUT2D eigenvalue weighted by Gasteiger charge is -2.08. The Morgan fingerprint density at radius 2 is 1.85 bits per heavy atom. The van der Waals surface area contributed by atoms with Gasteiger partial charge in [0, 0.05) is 12.6 Å². The zero-order valence-corrected chi connectivity index (χ0v) is 9.99. The van der Waals surface area contributed by atoms with E-state index in [1.807, 2.05) is 0 Å². The first-order valence-electron chi connectivity index (χ1n) is 5.47. The SMILES string of the molecule is NCc1ccc(Oc2ccc(C(F)(F)F)nn2)c(F)c1. The lowest BCUT2D eigenvalue weighted by molar-refractivity contribution is -0.141. The fourth-order valence-electron chi connectivity index (χ4n) is 1.39. The van der Waals surface area contributed by atoms with Gasteiger partial charge in [-0.15, -0.1) is 10.2 Å². The summed E-state index contributed by atoms with van der Waals surface area (Å²) in [6.07, 6.45) is -4.58. The molecule has 0 aliphatic rings. The average molecular weight is 287 g/mol. The van der Waals surface area contributed by atoms with E-state index in [1.165, 1.54) is 18.2 Å². The molecule has 2 rings (SSSR count). The van der Waals surface area contributed by atoms with Crippen molar-refractivity contribution in [1.29, 1.82) is 0 Å². The number of ether oxygens (including phenoxy) is 1. The Balaban J connectivity index is 2.18. The fraction of sp³-hybridized carbons (Fsp3) is 0.167. The molecule has 0 bridgehead atoms. The van der Waals surface area contributed by atoms with Crippen molar-refractivity contribution in [2.75, 3.05) is 0 Å². The average Bonchev–Trinajstić information content (AvgIpc) is 2.40. The van der Waals surface area contributed by atoms with E-state index in [2.05, 4.69) is 10.2 Å². The summed E-state index contributed by atoms with van der Waals surface area (Å²) in [5.41, 5.74) is 4.76. The van der Waals surface area contributed by atoms with Crippen molar-refractivity contribution in [3.05, 3.63) is 47.4 Å². The van der Waals surface area contributed by atoms with Gasteiger partial charge in [0.05, 0.1) is 0 Å². The summed E-state index contributed by atoms with van der Waals surface area (Å²) in [5.74, 6) is -1.09. The second kappa shape index (κ2) is 5.41. The maximum Gasteiger partial charge on any atom is 0.435 e. The minimum Gasteiger partial charge on any atom is -0.434 e. The molecule has 0 aliphatic carbocycles. The molecule has 0 atom stereocenters. The second-order valence-corrected chi connectivity index (χ2v) is 3.83. The number of hydrogen-bond acceptors (Lipinski definition) is 4. The third-order valence-electron chi connectivity index (χ3n) is 2.38. The van der Waals surface area contributed by atoms with E-state index in [4.69, 9.17) is 10.5 Å². The van der Waals surface area contributed by atoms with Crippen molar-refractivity contribution in [3.8, 4) is 11.6 Å². The molecule has 2 aromatic rings. The molecule has 0 fully saturated rings. The number of nitrogens with zero attached hydrogens (tertiary/aromatic N) is 2. The zero-order chi connectivity index (χ0) is 14.8. The molecule has 106 valence electrons. The van der Waals surface area contributed by atoms with Crippen LogP contribution < -0.4 is 10.5 Å². The fourth-order valence-corrected chi connectivity index (χ4v) is 1.39.